The smallest absolute Gasteiger partial charge is 0.231 e. The van der Waals surface area contributed by atoms with E-state index >= 15 is 0 Å². The lowest BCUT2D eigenvalue weighted by Crippen LogP contribution is -2.09. The number of rotatable bonds is 2. The number of nitrogens with zero attached hydrogens (tertiary/aromatic N) is 3. The number of methoxy groups -OCH3 is 1. The summed E-state index contributed by atoms with van der Waals surface area (Å²) in [4.78, 5) is 23.2. The fourth-order valence-electron chi connectivity index (χ4n) is 1.28. The molecule has 0 aliphatic carbocycles. The van der Waals surface area contributed by atoms with Crippen LogP contribution in [-0.4, -0.2) is 28.0 Å². The number of amides is 1. The molecule has 2 rings (SSSR count). The highest BCUT2D eigenvalue weighted by atomic mass is 79.9. The summed E-state index contributed by atoms with van der Waals surface area (Å²) in [5, 5.41) is 3.25. The second-order valence-corrected chi connectivity index (χ2v) is 4.12. The summed E-state index contributed by atoms with van der Waals surface area (Å²) in [6.07, 6.45) is 1.59. The van der Waals surface area contributed by atoms with Crippen molar-refractivity contribution in [1.29, 1.82) is 0 Å². The van der Waals surface area contributed by atoms with Gasteiger partial charge in [0.05, 0.1) is 11.6 Å². The molecule has 0 unspecified atom stereocenters. The lowest BCUT2D eigenvalue weighted by atomic mass is 10.3. The molecule has 0 saturated heterocycles. The molecule has 0 aliphatic rings. The minimum absolute atomic E-state index is 0.224. The van der Waals surface area contributed by atoms with Crippen molar-refractivity contribution in [2.24, 2.45) is 0 Å². The largest absolute Gasteiger partial charge is 0.480 e. The third-order valence-corrected chi connectivity index (χ3v) is 2.54. The number of ether oxygens (including phenoxy) is 1. The minimum atomic E-state index is -0.228. The Labute approximate surface area is 106 Å². The number of pyridine rings is 1. The van der Waals surface area contributed by atoms with Crippen molar-refractivity contribution in [3.63, 3.8) is 0 Å². The Morgan fingerprint density at radius 3 is 2.88 bits per heavy atom. The first-order valence-corrected chi connectivity index (χ1v) is 5.54. The van der Waals surface area contributed by atoms with E-state index in [4.69, 9.17) is 4.74 Å². The Morgan fingerprint density at radius 1 is 1.47 bits per heavy atom. The number of nitrogens with one attached hydrogen (secondary N) is 1. The predicted octanol–water partition coefficient (Wildman–Crippen LogP) is 1.75. The SMILES string of the molecule is COc1nc2nc(NC(C)=O)ncc2cc1Br. The summed E-state index contributed by atoms with van der Waals surface area (Å²) in [7, 11) is 1.52. The van der Waals surface area contributed by atoms with Crippen molar-refractivity contribution >= 4 is 38.8 Å². The van der Waals surface area contributed by atoms with Gasteiger partial charge in [-0.1, -0.05) is 0 Å². The predicted molar refractivity (Wildman–Crippen MR) is 65.9 cm³/mol. The summed E-state index contributed by atoms with van der Waals surface area (Å²) in [6, 6.07) is 1.80. The van der Waals surface area contributed by atoms with Crippen LogP contribution in [0.25, 0.3) is 11.0 Å². The van der Waals surface area contributed by atoms with Gasteiger partial charge < -0.3 is 4.74 Å². The Kier molecular flexibility index (Phi) is 3.19. The Bertz CT molecular complexity index is 588. The van der Waals surface area contributed by atoms with E-state index in [0.29, 0.717) is 11.5 Å². The lowest BCUT2D eigenvalue weighted by Gasteiger charge is -2.05. The molecule has 6 nitrogen and oxygen atoms in total. The molecule has 1 amide bonds. The second-order valence-electron chi connectivity index (χ2n) is 3.27. The fraction of sp³-hybridized carbons (Fsp3) is 0.200. The summed E-state index contributed by atoms with van der Waals surface area (Å²) in [5.41, 5.74) is 0.462. The van der Waals surface area contributed by atoms with Gasteiger partial charge in [0.1, 0.15) is 0 Å². The van der Waals surface area contributed by atoms with E-state index in [-0.39, 0.29) is 11.9 Å². The van der Waals surface area contributed by atoms with E-state index in [1.807, 2.05) is 0 Å². The van der Waals surface area contributed by atoms with Gasteiger partial charge in [-0.2, -0.15) is 9.97 Å². The van der Waals surface area contributed by atoms with Crippen LogP contribution in [0, 0.1) is 0 Å². The summed E-state index contributed by atoms with van der Waals surface area (Å²) in [6.45, 7) is 1.39. The third-order valence-electron chi connectivity index (χ3n) is 1.97. The van der Waals surface area contributed by atoms with Crippen LogP contribution in [0.4, 0.5) is 5.95 Å². The number of hydrogen-bond acceptors (Lipinski definition) is 5. The van der Waals surface area contributed by atoms with Gasteiger partial charge in [0.2, 0.25) is 17.7 Å². The Morgan fingerprint density at radius 2 is 2.24 bits per heavy atom. The van der Waals surface area contributed by atoms with Crippen LogP contribution in [0.5, 0.6) is 5.88 Å². The van der Waals surface area contributed by atoms with Crippen LogP contribution >= 0.6 is 15.9 Å². The molecule has 0 saturated carbocycles. The molecular formula is C10H9BrN4O2. The molecule has 0 radical (unpaired) electrons. The summed E-state index contributed by atoms with van der Waals surface area (Å²) in [5.74, 6) is 0.431. The zero-order chi connectivity index (χ0) is 12.4. The molecule has 7 heteroatoms. The van der Waals surface area contributed by atoms with Gasteiger partial charge in [-0.05, 0) is 22.0 Å². The fourth-order valence-corrected chi connectivity index (χ4v) is 1.78. The topological polar surface area (TPSA) is 77.0 Å². The zero-order valence-electron chi connectivity index (χ0n) is 9.19. The monoisotopic (exact) mass is 296 g/mol. The van der Waals surface area contributed by atoms with Gasteiger partial charge in [0, 0.05) is 18.5 Å². The number of aromatic nitrogens is 3. The first-order valence-electron chi connectivity index (χ1n) is 4.75. The average Bonchev–Trinajstić information content (AvgIpc) is 2.28. The van der Waals surface area contributed by atoms with Crippen molar-refractivity contribution in [3.8, 4) is 5.88 Å². The van der Waals surface area contributed by atoms with Crippen molar-refractivity contribution in [2.75, 3.05) is 12.4 Å². The number of fused-ring (bicyclic) bond motifs is 1. The summed E-state index contributed by atoms with van der Waals surface area (Å²) < 4.78 is 5.79. The Balaban J connectivity index is 2.52. The van der Waals surface area contributed by atoms with Crippen molar-refractivity contribution in [1.82, 2.24) is 15.0 Å². The van der Waals surface area contributed by atoms with Crippen LogP contribution in [-0.2, 0) is 4.79 Å². The molecule has 17 heavy (non-hydrogen) atoms. The maximum Gasteiger partial charge on any atom is 0.231 e. The van der Waals surface area contributed by atoms with Gasteiger partial charge in [-0.3, -0.25) is 10.1 Å². The number of anilines is 1. The first kappa shape index (κ1) is 11.7. The van der Waals surface area contributed by atoms with E-state index in [1.54, 1.807) is 12.3 Å². The van der Waals surface area contributed by atoms with Gasteiger partial charge in [-0.15, -0.1) is 0 Å². The van der Waals surface area contributed by atoms with Crippen LogP contribution in [0.1, 0.15) is 6.92 Å². The van der Waals surface area contributed by atoms with Crippen LogP contribution in [0.3, 0.4) is 0 Å². The molecule has 1 N–H and O–H groups in total. The quantitative estimate of drug-likeness (QED) is 0.914. The van der Waals surface area contributed by atoms with Crippen LogP contribution in [0.15, 0.2) is 16.7 Å². The minimum Gasteiger partial charge on any atom is -0.480 e. The molecule has 0 aromatic carbocycles. The molecule has 0 atom stereocenters. The van der Waals surface area contributed by atoms with Gasteiger partial charge in [0.25, 0.3) is 0 Å². The second kappa shape index (κ2) is 4.62. The maximum atomic E-state index is 10.9. The Hall–Kier alpha value is -1.76. The van der Waals surface area contributed by atoms with Crippen molar-refractivity contribution in [2.45, 2.75) is 6.92 Å². The van der Waals surface area contributed by atoms with E-state index in [0.717, 1.165) is 9.86 Å². The maximum absolute atomic E-state index is 10.9. The molecular weight excluding hydrogens is 288 g/mol. The lowest BCUT2D eigenvalue weighted by molar-refractivity contribution is -0.114. The number of halogens is 1. The summed E-state index contributed by atoms with van der Waals surface area (Å²) >= 11 is 3.32. The van der Waals surface area contributed by atoms with E-state index < -0.39 is 0 Å². The normalized spacial score (nSPS) is 10.3. The standard InChI is InChI=1S/C10H9BrN4O2/c1-5(16)13-10-12-4-6-3-7(11)9(17-2)14-8(6)15-10/h3-4H,1-2H3,(H,12,13,14,15,16). The molecule has 2 aromatic rings. The van der Waals surface area contributed by atoms with E-state index in [2.05, 4.69) is 36.2 Å². The molecule has 88 valence electrons. The van der Waals surface area contributed by atoms with E-state index in [9.17, 15) is 4.79 Å². The van der Waals surface area contributed by atoms with E-state index in [1.165, 1.54) is 14.0 Å². The molecule has 0 fully saturated rings. The molecule has 2 heterocycles. The highest BCUT2D eigenvalue weighted by Gasteiger charge is 2.07. The average molecular weight is 297 g/mol. The van der Waals surface area contributed by atoms with Gasteiger partial charge >= 0.3 is 0 Å². The molecule has 0 aliphatic heterocycles. The number of carbonyl (C=O) groups is 1. The number of carbonyl (C=O) groups excluding carboxylic acids is 1. The van der Waals surface area contributed by atoms with Crippen molar-refractivity contribution < 1.29 is 9.53 Å². The third kappa shape index (κ3) is 2.50. The van der Waals surface area contributed by atoms with Gasteiger partial charge in [-0.25, -0.2) is 4.98 Å². The highest BCUT2D eigenvalue weighted by Crippen LogP contribution is 2.25. The molecule has 0 bridgehead atoms. The van der Waals surface area contributed by atoms with Crippen molar-refractivity contribution in [3.05, 3.63) is 16.7 Å². The highest BCUT2D eigenvalue weighted by molar-refractivity contribution is 9.10. The van der Waals surface area contributed by atoms with Crippen LogP contribution < -0.4 is 10.1 Å². The zero-order valence-corrected chi connectivity index (χ0v) is 10.8. The van der Waals surface area contributed by atoms with Crippen LogP contribution in [0.2, 0.25) is 0 Å². The number of hydrogen-bond donors (Lipinski definition) is 1. The molecule has 2 aromatic heterocycles. The first-order chi connectivity index (χ1) is 8.10. The molecule has 0 spiro atoms. The van der Waals surface area contributed by atoms with Gasteiger partial charge in [0.15, 0.2) is 5.65 Å².